The van der Waals surface area contributed by atoms with Crippen LogP contribution in [0.4, 0.5) is 0 Å². The maximum Gasteiger partial charge on any atom is 0.0801 e. The Labute approximate surface area is 140 Å². The molecule has 2 aromatic rings. The Hall–Kier alpha value is -0.970. The first-order valence-corrected chi connectivity index (χ1v) is 8.00. The molecule has 0 spiro atoms. The summed E-state index contributed by atoms with van der Waals surface area (Å²) in [5, 5.41) is 0. The molecule has 110 valence electrons. The summed E-state index contributed by atoms with van der Waals surface area (Å²) < 4.78 is 0. The minimum atomic E-state index is 0. The number of halogens is 1. The van der Waals surface area contributed by atoms with Crippen molar-refractivity contribution < 1.29 is 0 Å². The summed E-state index contributed by atoms with van der Waals surface area (Å²) in [6.45, 7) is 5.62. The molecule has 0 amide bonds. The average molecular weight is 363 g/mol. The molecule has 0 aliphatic carbocycles. The van der Waals surface area contributed by atoms with Gasteiger partial charge in [-0.3, -0.25) is 9.88 Å². The van der Waals surface area contributed by atoms with Gasteiger partial charge < -0.3 is 0 Å². The van der Waals surface area contributed by atoms with Gasteiger partial charge in [-0.2, -0.15) is 0 Å². The summed E-state index contributed by atoms with van der Waals surface area (Å²) >= 11 is 1.81. The second-order valence-electron chi connectivity index (χ2n) is 5.89. The van der Waals surface area contributed by atoms with E-state index in [0.717, 1.165) is 18.8 Å². The molecule has 0 saturated carbocycles. The maximum atomic E-state index is 4.71. The number of rotatable bonds is 2. The molecule has 2 aromatic heterocycles. The quantitative estimate of drug-likeness (QED) is 0.743. The molecule has 2 unspecified atom stereocenters. The van der Waals surface area contributed by atoms with Gasteiger partial charge in [0, 0.05) is 29.6 Å². The summed E-state index contributed by atoms with van der Waals surface area (Å²) in [4.78, 5) is 9.83. The van der Waals surface area contributed by atoms with Crippen LogP contribution in [0.3, 0.4) is 0 Å². The molecule has 2 atom stereocenters. The molecule has 21 heavy (non-hydrogen) atoms. The number of hydrogen-bond acceptors (Lipinski definition) is 3. The van der Waals surface area contributed by atoms with Gasteiger partial charge >= 0.3 is 0 Å². The highest BCUT2D eigenvalue weighted by atomic mass is 79.9. The second-order valence-corrected chi connectivity index (χ2v) is 7.17. The number of fused-ring (bicyclic) bond motifs is 2. The Morgan fingerprint density at radius 1 is 1.24 bits per heavy atom. The van der Waals surface area contributed by atoms with Crippen molar-refractivity contribution in [3.05, 3.63) is 53.1 Å². The summed E-state index contributed by atoms with van der Waals surface area (Å²) in [7, 11) is 0. The Balaban J connectivity index is 0.00000132. The SMILES string of the molecule is Br.Cc1ccc(-c2ccc(C34C=CCN(CC3)C4)cn2)s1. The number of thiophene rings is 1. The Kier molecular flexibility index (Phi) is 4.04. The standard InChI is InChI=1S/C17H18N2S.BrH/c1-13-3-6-16(20-13)15-5-4-14(11-18-15)17-7-2-9-19(12-17)10-8-17;/h2-7,11H,8-10,12H2,1H3;1H. The van der Waals surface area contributed by atoms with Crippen molar-refractivity contribution in [3.63, 3.8) is 0 Å². The van der Waals surface area contributed by atoms with E-state index in [1.54, 1.807) is 0 Å². The summed E-state index contributed by atoms with van der Waals surface area (Å²) in [5.41, 5.74) is 2.68. The van der Waals surface area contributed by atoms with Crippen LogP contribution < -0.4 is 0 Å². The fraction of sp³-hybridized carbons (Fsp3) is 0.353. The molecule has 2 nitrogen and oxygen atoms in total. The fourth-order valence-corrected chi connectivity index (χ4v) is 4.22. The van der Waals surface area contributed by atoms with Crippen molar-refractivity contribution >= 4 is 28.3 Å². The third-order valence-corrected chi connectivity index (χ3v) is 5.53. The van der Waals surface area contributed by atoms with E-state index in [4.69, 9.17) is 4.98 Å². The highest BCUT2D eigenvalue weighted by Gasteiger charge is 2.39. The Bertz CT molecular complexity index is 662. The first-order chi connectivity index (χ1) is 9.75. The van der Waals surface area contributed by atoms with Crippen molar-refractivity contribution in [3.8, 4) is 10.6 Å². The van der Waals surface area contributed by atoms with Gasteiger partial charge in [-0.15, -0.1) is 28.3 Å². The van der Waals surface area contributed by atoms with Crippen molar-refractivity contribution in [2.75, 3.05) is 19.6 Å². The topological polar surface area (TPSA) is 16.1 Å². The van der Waals surface area contributed by atoms with Crippen LogP contribution in [0.25, 0.3) is 10.6 Å². The fourth-order valence-electron chi connectivity index (χ4n) is 3.37. The minimum Gasteiger partial charge on any atom is -0.298 e. The van der Waals surface area contributed by atoms with Gasteiger partial charge in [-0.1, -0.05) is 18.2 Å². The molecule has 1 saturated heterocycles. The molecule has 4 rings (SSSR count). The van der Waals surface area contributed by atoms with Crippen LogP contribution in [0.5, 0.6) is 0 Å². The van der Waals surface area contributed by atoms with Crippen molar-refractivity contribution in [1.29, 1.82) is 0 Å². The monoisotopic (exact) mass is 362 g/mol. The summed E-state index contributed by atoms with van der Waals surface area (Å²) in [5.74, 6) is 0. The van der Waals surface area contributed by atoms with Crippen molar-refractivity contribution in [1.82, 2.24) is 9.88 Å². The van der Waals surface area contributed by atoms with Crippen LogP contribution in [0, 0.1) is 6.92 Å². The lowest BCUT2D eigenvalue weighted by atomic mass is 9.79. The molecule has 4 heteroatoms. The number of hydrogen-bond donors (Lipinski definition) is 0. The molecule has 0 radical (unpaired) electrons. The van der Waals surface area contributed by atoms with E-state index < -0.39 is 0 Å². The van der Waals surface area contributed by atoms with E-state index >= 15 is 0 Å². The van der Waals surface area contributed by atoms with Gasteiger partial charge in [0.25, 0.3) is 0 Å². The maximum absolute atomic E-state index is 4.71. The van der Waals surface area contributed by atoms with Crippen LogP contribution in [0.2, 0.25) is 0 Å². The van der Waals surface area contributed by atoms with E-state index in [9.17, 15) is 0 Å². The van der Waals surface area contributed by atoms with E-state index in [1.165, 1.54) is 28.3 Å². The van der Waals surface area contributed by atoms with Gasteiger partial charge in [-0.25, -0.2) is 0 Å². The predicted octanol–water partition coefficient (Wildman–Crippen LogP) is 4.21. The first kappa shape index (κ1) is 14.9. The van der Waals surface area contributed by atoms with Gasteiger partial charge in [0.05, 0.1) is 10.6 Å². The normalized spacial score (nSPS) is 26.6. The molecular formula is C17H19BrN2S. The van der Waals surface area contributed by atoms with Crippen LogP contribution in [-0.4, -0.2) is 29.5 Å². The summed E-state index contributed by atoms with van der Waals surface area (Å²) in [6.07, 6.45) is 8.03. The molecular weight excluding hydrogens is 344 g/mol. The highest BCUT2D eigenvalue weighted by Crippen LogP contribution is 2.38. The Morgan fingerprint density at radius 3 is 2.86 bits per heavy atom. The zero-order chi connectivity index (χ0) is 13.6. The van der Waals surface area contributed by atoms with E-state index in [0.29, 0.717) is 0 Å². The highest BCUT2D eigenvalue weighted by molar-refractivity contribution is 8.93. The third-order valence-electron chi connectivity index (χ3n) is 4.51. The van der Waals surface area contributed by atoms with E-state index in [-0.39, 0.29) is 22.4 Å². The lowest BCUT2D eigenvalue weighted by molar-refractivity contribution is 0.345. The largest absolute Gasteiger partial charge is 0.298 e. The van der Waals surface area contributed by atoms with Gasteiger partial charge in [0.1, 0.15) is 0 Å². The molecule has 1 fully saturated rings. The van der Waals surface area contributed by atoms with Crippen LogP contribution in [-0.2, 0) is 5.41 Å². The van der Waals surface area contributed by atoms with Gasteiger partial charge in [0.2, 0.25) is 0 Å². The van der Waals surface area contributed by atoms with Crippen LogP contribution in [0.15, 0.2) is 42.6 Å². The number of aryl methyl sites for hydroxylation is 1. The predicted molar refractivity (Wildman–Crippen MR) is 94.5 cm³/mol. The van der Waals surface area contributed by atoms with Crippen molar-refractivity contribution in [2.45, 2.75) is 18.8 Å². The van der Waals surface area contributed by atoms with Crippen LogP contribution >= 0.6 is 28.3 Å². The molecule has 4 heterocycles. The average Bonchev–Trinajstić information content (AvgIpc) is 3.04. The van der Waals surface area contributed by atoms with Crippen LogP contribution in [0.1, 0.15) is 16.9 Å². The lowest BCUT2D eigenvalue weighted by Gasteiger charge is -2.29. The zero-order valence-corrected chi connectivity index (χ0v) is 14.6. The number of pyridine rings is 1. The first-order valence-electron chi connectivity index (χ1n) is 7.19. The molecule has 0 N–H and O–H groups in total. The lowest BCUT2D eigenvalue weighted by Crippen LogP contribution is -2.33. The Morgan fingerprint density at radius 2 is 2.14 bits per heavy atom. The van der Waals surface area contributed by atoms with Gasteiger partial charge in [-0.05, 0) is 43.7 Å². The van der Waals surface area contributed by atoms with Crippen molar-refractivity contribution in [2.24, 2.45) is 0 Å². The van der Waals surface area contributed by atoms with Gasteiger partial charge in [0.15, 0.2) is 0 Å². The van der Waals surface area contributed by atoms with E-state index in [1.807, 2.05) is 11.3 Å². The number of nitrogens with zero attached hydrogens (tertiary/aromatic N) is 2. The molecule has 0 aromatic carbocycles. The molecule has 2 bridgehead atoms. The number of aromatic nitrogens is 1. The third kappa shape index (κ3) is 2.60. The smallest absolute Gasteiger partial charge is 0.0801 e. The zero-order valence-electron chi connectivity index (χ0n) is 12.1. The molecule has 2 aliphatic rings. The summed E-state index contributed by atoms with van der Waals surface area (Å²) in [6, 6.07) is 8.78. The molecule has 2 aliphatic heterocycles. The minimum absolute atomic E-state index is 0. The second kappa shape index (κ2) is 5.67. The van der Waals surface area contributed by atoms with E-state index in [2.05, 4.69) is 54.4 Å².